The van der Waals surface area contributed by atoms with Crippen molar-refractivity contribution in [1.29, 1.82) is 0 Å². The zero-order chi connectivity index (χ0) is 11.3. The summed E-state index contributed by atoms with van der Waals surface area (Å²) in [5.41, 5.74) is 0.791. The predicted octanol–water partition coefficient (Wildman–Crippen LogP) is 2.25. The van der Waals surface area contributed by atoms with Gasteiger partial charge in [0.1, 0.15) is 11.5 Å². The molecule has 0 spiro atoms. The normalized spacial score (nSPS) is 10.4. The number of ketones is 1. The molecule has 0 aliphatic carbocycles. The van der Waals surface area contributed by atoms with E-state index in [0.717, 1.165) is 11.4 Å². The molecular weight excluding hydrogens is 190 g/mol. The molecule has 0 saturated carbocycles. The molecule has 0 aromatic carbocycles. The van der Waals surface area contributed by atoms with Gasteiger partial charge in [0, 0.05) is 12.1 Å². The number of hydrogen-bond acceptors (Lipinski definition) is 3. The molecule has 0 N–H and O–H groups in total. The van der Waals surface area contributed by atoms with Crippen LogP contribution in [0.5, 0.6) is 5.75 Å². The Morgan fingerprint density at radius 1 is 1.47 bits per heavy atom. The Hall–Kier alpha value is -1.38. The SMILES string of the molecule is CC(=O)Cc1ccc(OCC(C)C)cn1. The molecule has 1 aromatic rings. The van der Waals surface area contributed by atoms with Crippen molar-refractivity contribution >= 4 is 5.78 Å². The molecule has 1 aromatic heterocycles. The molecule has 3 heteroatoms. The zero-order valence-corrected chi connectivity index (χ0v) is 9.49. The molecule has 3 nitrogen and oxygen atoms in total. The summed E-state index contributed by atoms with van der Waals surface area (Å²) in [5.74, 6) is 1.39. The van der Waals surface area contributed by atoms with Crippen molar-refractivity contribution < 1.29 is 9.53 Å². The maximum absolute atomic E-state index is 10.8. The van der Waals surface area contributed by atoms with E-state index >= 15 is 0 Å². The Morgan fingerprint density at radius 3 is 2.67 bits per heavy atom. The van der Waals surface area contributed by atoms with Crippen LogP contribution in [0.15, 0.2) is 18.3 Å². The molecule has 82 valence electrons. The van der Waals surface area contributed by atoms with Crippen molar-refractivity contribution in [3.63, 3.8) is 0 Å². The van der Waals surface area contributed by atoms with E-state index in [1.807, 2.05) is 12.1 Å². The number of Topliss-reactive ketones (excluding diaryl/α,β-unsaturated/α-hetero) is 1. The maximum Gasteiger partial charge on any atom is 0.137 e. The van der Waals surface area contributed by atoms with Gasteiger partial charge in [-0.05, 0) is 25.0 Å². The molecular formula is C12H17NO2. The maximum atomic E-state index is 10.8. The number of hydrogen-bond donors (Lipinski definition) is 0. The van der Waals surface area contributed by atoms with Gasteiger partial charge < -0.3 is 4.74 Å². The summed E-state index contributed by atoms with van der Waals surface area (Å²) in [4.78, 5) is 15.0. The fourth-order valence-corrected chi connectivity index (χ4v) is 1.12. The second-order valence-electron chi connectivity index (χ2n) is 4.07. The predicted molar refractivity (Wildman–Crippen MR) is 59.0 cm³/mol. The van der Waals surface area contributed by atoms with E-state index < -0.39 is 0 Å². The minimum atomic E-state index is 0.123. The number of nitrogens with zero attached hydrogens (tertiary/aromatic N) is 1. The third-order valence-corrected chi connectivity index (χ3v) is 1.81. The first kappa shape index (κ1) is 11.7. The van der Waals surface area contributed by atoms with Crippen LogP contribution in [0.2, 0.25) is 0 Å². The average Bonchev–Trinajstić information content (AvgIpc) is 2.16. The molecule has 0 unspecified atom stereocenters. The summed E-state index contributed by atoms with van der Waals surface area (Å²) < 4.78 is 5.48. The van der Waals surface area contributed by atoms with E-state index in [0.29, 0.717) is 18.9 Å². The van der Waals surface area contributed by atoms with E-state index in [9.17, 15) is 4.79 Å². The van der Waals surface area contributed by atoms with Gasteiger partial charge in [-0.3, -0.25) is 9.78 Å². The first-order valence-electron chi connectivity index (χ1n) is 5.15. The van der Waals surface area contributed by atoms with Crippen molar-refractivity contribution in [2.24, 2.45) is 5.92 Å². The Balaban J connectivity index is 2.52. The number of aromatic nitrogens is 1. The van der Waals surface area contributed by atoms with Crippen LogP contribution in [-0.2, 0) is 11.2 Å². The van der Waals surface area contributed by atoms with Crippen molar-refractivity contribution in [1.82, 2.24) is 4.98 Å². The Kier molecular flexibility index (Phi) is 4.28. The monoisotopic (exact) mass is 207 g/mol. The molecule has 1 rings (SSSR count). The van der Waals surface area contributed by atoms with Crippen molar-refractivity contribution in [3.8, 4) is 5.75 Å². The smallest absolute Gasteiger partial charge is 0.137 e. The first-order chi connectivity index (χ1) is 7.08. The van der Waals surface area contributed by atoms with Gasteiger partial charge >= 0.3 is 0 Å². The van der Waals surface area contributed by atoms with Gasteiger partial charge in [-0.25, -0.2) is 0 Å². The Morgan fingerprint density at radius 2 is 2.20 bits per heavy atom. The van der Waals surface area contributed by atoms with E-state index in [2.05, 4.69) is 18.8 Å². The minimum absolute atomic E-state index is 0.123. The third kappa shape index (κ3) is 4.58. The van der Waals surface area contributed by atoms with Gasteiger partial charge in [0.25, 0.3) is 0 Å². The molecule has 0 saturated heterocycles. The molecule has 0 aliphatic rings. The molecule has 0 radical (unpaired) electrons. The quantitative estimate of drug-likeness (QED) is 0.743. The van der Waals surface area contributed by atoms with Crippen LogP contribution in [-0.4, -0.2) is 17.4 Å². The van der Waals surface area contributed by atoms with Gasteiger partial charge in [-0.2, -0.15) is 0 Å². The van der Waals surface area contributed by atoms with Crippen LogP contribution in [0.25, 0.3) is 0 Å². The van der Waals surface area contributed by atoms with Crippen molar-refractivity contribution in [2.45, 2.75) is 27.2 Å². The minimum Gasteiger partial charge on any atom is -0.492 e. The lowest BCUT2D eigenvalue weighted by Crippen LogP contribution is -2.05. The summed E-state index contributed by atoms with van der Waals surface area (Å²) in [5, 5.41) is 0. The summed E-state index contributed by atoms with van der Waals surface area (Å²) in [6.45, 7) is 6.44. The summed E-state index contributed by atoms with van der Waals surface area (Å²) >= 11 is 0. The second-order valence-corrected chi connectivity index (χ2v) is 4.07. The third-order valence-electron chi connectivity index (χ3n) is 1.81. The van der Waals surface area contributed by atoms with Crippen LogP contribution in [0.4, 0.5) is 0 Å². The molecule has 0 atom stereocenters. The highest BCUT2D eigenvalue weighted by molar-refractivity contribution is 5.77. The molecule has 1 heterocycles. The van der Waals surface area contributed by atoms with Gasteiger partial charge in [0.2, 0.25) is 0 Å². The van der Waals surface area contributed by atoms with Crippen molar-refractivity contribution in [3.05, 3.63) is 24.0 Å². The number of carbonyl (C=O) groups excluding carboxylic acids is 1. The fourth-order valence-electron chi connectivity index (χ4n) is 1.12. The Bertz CT molecular complexity index is 317. The van der Waals surface area contributed by atoms with Crippen LogP contribution in [0.1, 0.15) is 26.5 Å². The summed E-state index contributed by atoms with van der Waals surface area (Å²) in [7, 11) is 0. The van der Waals surface area contributed by atoms with Crippen LogP contribution < -0.4 is 4.74 Å². The molecule has 0 aliphatic heterocycles. The zero-order valence-electron chi connectivity index (χ0n) is 9.49. The van der Waals surface area contributed by atoms with Crippen LogP contribution in [0.3, 0.4) is 0 Å². The standard InChI is InChI=1S/C12H17NO2/c1-9(2)8-15-12-5-4-11(13-7-12)6-10(3)14/h4-5,7,9H,6,8H2,1-3H3. The molecule has 15 heavy (non-hydrogen) atoms. The fraction of sp³-hybridized carbons (Fsp3) is 0.500. The largest absolute Gasteiger partial charge is 0.492 e. The van der Waals surface area contributed by atoms with Gasteiger partial charge in [0.05, 0.1) is 12.8 Å². The lowest BCUT2D eigenvalue weighted by Gasteiger charge is -2.08. The first-order valence-corrected chi connectivity index (χ1v) is 5.15. The van der Waals surface area contributed by atoms with Crippen LogP contribution in [0, 0.1) is 5.92 Å². The average molecular weight is 207 g/mol. The number of ether oxygens (including phenoxy) is 1. The second kappa shape index (κ2) is 5.49. The van der Waals surface area contributed by atoms with Crippen molar-refractivity contribution in [2.75, 3.05) is 6.61 Å². The summed E-state index contributed by atoms with van der Waals surface area (Å²) in [6.07, 6.45) is 2.06. The molecule has 0 bridgehead atoms. The number of pyridine rings is 1. The van der Waals surface area contributed by atoms with E-state index in [1.54, 1.807) is 13.1 Å². The topological polar surface area (TPSA) is 39.2 Å². The van der Waals surface area contributed by atoms with Gasteiger partial charge in [-0.15, -0.1) is 0 Å². The number of carbonyl (C=O) groups is 1. The summed E-state index contributed by atoms with van der Waals surface area (Å²) in [6, 6.07) is 3.69. The Labute approximate surface area is 90.5 Å². The molecule has 0 amide bonds. The van der Waals surface area contributed by atoms with E-state index in [4.69, 9.17) is 4.74 Å². The molecule has 0 fully saturated rings. The van der Waals surface area contributed by atoms with Crippen LogP contribution >= 0.6 is 0 Å². The van der Waals surface area contributed by atoms with Gasteiger partial charge in [0.15, 0.2) is 0 Å². The number of rotatable bonds is 5. The highest BCUT2D eigenvalue weighted by Gasteiger charge is 2.01. The van der Waals surface area contributed by atoms with E-state index in [1.165, 1.54) is 0 Å². The highest BCUT2D eigenvalue weighted by Crippen LogP contribution is 2.10. The highest BCUT2D eigenvalue weighted by atomic mass is 16.5. The lowest BCUT2D eigenvalue weighted by molar-refractivity contribution is -0.116. The van der Waals surface area contributed by atoms with Gasteiger partial charge in [-0.1, -0.05) is 13.8 Å². The lowest BCUT2D eigenvalue weighted by atomic mass is 10.2. The van der Waals surface area contributed by atoms with E-state index in [-0.39, 0.29) is 5.78 Å².